The molecule has 0 aliphatic carbocycles. The lowest BCUT2D eigenvalue weighted by Gasteiger charge is -2.32. The van der Waals surface area contributed by atoms with E-state index < -0.39 is 0 Å². The Morgan fingerprint density at radius 3 is 2.77 bits per heavy atom. The zero-order chi connectivity index (χ0) is 21.8. The van der Waals surface area contributed by atoms with Gasteiger partial charge in [0.15, 0.2) is 5.82 Å². The van der Waals surface area contributed by atoms with Crippen LogP contribution in [0.25, 0.3) is 11.3 Å². The lowest BCUT2D eigenvalue weighted by atomic mass is 9.94. The highest BCUT2D eigenvalue weighted by atomic mass is 16.2. The van der Waals surface area contributed by atoms with E-state index in [0.717, 1.165) is 36.2 Å². The maximum absolute atomic E-state index is 12.8. The van der Waals surface area contributed by atoms with Crippen molar-refractivity contribution in [2.45, 2.75) is 39.7 Å². The minimum Gasteiger partial charge on any atom is -0.337 e. The zero-order valence-electron chi connectivity index (χ0n) is 18.0. The third-order valence-corrected chi connectivity index (χ3v) is 5.79. The van der Waals surface area contributed by atoms with E-state index in [1.54, 1.807) is 10.7 Å². The molecule has 1 atom stereocenters. The zero-order valence-corrected chi connectivity index (χ0v) is 18.0. The van der Waals surface area contributed by atoms with Crippen molar-refractivity contribution in [2.24, 2.45) is 5.92 Å². The van der Waals surface area contributed by atoms with Gasteiger partial charge in [0.2, 0.25) is 5.91 Å². The Bertz CT molecular complexity index is 1060. The topological polar surface area (TPSA) is 95.9 Å². The van der Waals surface area contributed by atoms with Gasteiger partial charge in [0.25, 0.3) is 5.91 Å². The number of aromatic nitrogens is 4. The number of H-pyrrole nitrogens is 1. The number of anilines is 1. The molecule has 31 heavy (non-hydrogen) atoms. The van der Waals surface area contributed by atoms with E-state index in [1.165, 1.54) is 0 Å². The smallest absolute Gasteiger partial charge is 0.274 e. The summed E-state index contributed by atoms with van der Waals surface area (Å²) in [5.41, 5.74) is 3.30. The van der Waals surface area contributed by atoms with Gasteiger partial charge in [-0.25, -0.2) is 0 Å². The summed E-state index contributed by atoms with van der Waals surface area (Å²) < 4.78 is 1.75. The standard InChI is InChI=1S/C23H28N6O2/c1-3-29-13-11-19(27-29)23(31)28-12-7-8-17(15-28)14-20(30)24-22-16(2)21(25-26-22)18-9-5-4-6-10-18/h4-6,9-11,13,17H,3,7-8,12,14-15H2,1-2H3,(H2,24,25,26,30). The number of hydrogen-bond donors (Lipinski definition) is 2. The molecule has 8 nitrogen and oxygen atoms in total. The van der Waals surface area contributed by atoms with Crippen LogP contribution in [-0.4, -0.2) is 49.8 Å². The Balaban J connectivity index is 1.35. The van der Waals surface area contributed by atoms with Crippen molar-refractivity contribution in [3.8, 4) is 11.3 Å². The van der Waals surface area contributed by atoms with Crippen molar-refractivity contribution in [3.63, 3.8) is 0 Å². The van der Waals surface area contributed by atoms with Gasteiger partial charge in [-0.3, -0.25) is 19.4 Å². The Hall–Kier alpha value is -3.42. The molecule has 0 spiro atoms. The molecule has 1 unspecified atom stereocenters. The van der Waals surface area contributed by atoms with E-state index in [0.29, 0.717) is 31.0 Å². The second-order valence-electron chi connectivity index (χ2n) is 8.01. The van der Waals surface area contributed by atoms with E-state index in [1.807, 2.05) is 55.3 Å². The highest BCUT2D eigenvalue weighted by Gasteiger charge is 2.27. The molecular weight excluding hydrogens is 392 g/mol. The number of carbonyl (C=O) groups excluding carboxylic acids is 2. The van der Waals surface area contributed by atoms with Gasteiger partial charge in [-0.05, 0) is 44.2 Å². The van der Waals surface area contributed by atoms with Crippen molar-refractivity contribution < 1.29 is 9.59 Å². The first-order valence-corrected chi connectivity index (χ1v) is 10.8. The fourth-order valence-electron chi connectivity index (χ4n) is 4.08. The summed E-state index contributed by atoms with van der Waals surface area (Å²) in [5.74, 6) is 0.535. The Kier molecular flexibility index (Phi) is 6.16. The van der Waals surface area contributed by atoms with E-state index in [4.69, 9.17) is 0 Å². The Morgan fingerprint density at radius 1 is 1.23 bits per heavy atom. The SMILES string of the molecule is CCn1ccc(C(=O)N2CCCC(CC(=O)Nc3n[nH]c(-c4ccccc4)c3C)C2)n1. The summed E-state index contributed by atoms with van der Waals surface area (Å²) in [7, 11) is 0. The van der Waals surface area contributed by atoms with Crippen LogP contribution in [0.1, 0.15) is 42.2 Å². The average molecular weight is 421 g/mol. The third-order valence-electron chi connectivity index (χ3n) is 5.79. The molecule has 8 heteroatoms. The molecule has 3 heterocycles. The molecule has 3 aromatic rings. The first kappa shape index (κ1) is 20.8. The first-order valence-electron chi connectivity index (χ1n) is 10.8. The van der Waals surface area contributed by atoms with Crippen LogP contribution >= 0.6 is 0 Å². The molecule has 0 bridgehead atoms. The second kappa shape index (κ2) is 9.16. The van der Waals surface area contributed by atoms with Gasteiger partial charge >= 0.3 is 0 Å². The number of amides is 2. The number of aryl methyl sites for hydroxylation is 1. The Morgan fingerprint density at radius 2 is 2.03 bits per heavy atom. The second-order valence-corrected chi connectivity index (χ2v) is 8.01. The predicted molar refractivity (Wildman–Crippen MR) is 119 cm³/mol. The van der Waals surface area contributed by atoms with Crippen LogP contribution < -0.4 is 5.32 Å². The van der Waals surface area contributed by atoms with Crippen LogP contribution in [0.15, 0.2) is 42.6 Å². The van der Waals surface area contributed by atoms with Gasteiger partial charge in [0.1, 0.15) is 5.69 Å². The van der Waals surface area contributed by atoms with E-state index in [9.17, 15) is 9.59 Å². The molecule has 2 N–H and O–H groups in total. The largest absolute Gasteiger partial charge is 0.337 e. The molecule has 1 aliphatic heterocycles. The lowest BCUT2D eigenvalue weighted by Crippen LogP contribution is -2.41. The molecule has 2 amide bonds. The van der Waals surface area contributed by atoms with Crippen LogP contribution in [0.3, 0.4) is 0 Å². The van der Waals surface area contributed by atoms with E-state index in [2.05, 4.69) is 20.6 Å². The number of rotatable bonds is 6. The predicted octanol–water partition coefficient (Wildman–Crippen LogP) is 3.48. The van der Waals surface area contributed by atoms with Gasteiger partial charge in [0, 0.05) is 37.8 Å². The molecule has 0 radical (unpaired) electrons. The minimum absolute atomic E-state index is 0.0621. The molecule has 1 fully saturated rings. The number of carbonyl (C=O) groups is 2. The van der Waals surface area contributed by atoms with Crippen molar-refractivity contribution in [2.75, 3.05) is 18.4 Å². The quantitative estimate of drug-likeness (QED) is 0.638. The number of nitrogens with one attached hydrogen (secondary N) is 2. The van der Waals surface area contributed by atoms with E-state index in [-0.39, 0.29) is 17.7 Å². The van der Waals surface area contributed by atoms with Crippen LogP contribution in [0.5, 0.6) is 0 Å². The highest BCUT2D eigenvalue weighted by Crippen LogP contribution is 2.26. The average Bonchev–Trinajstić information content (AvgIpc) is 3.41. The highest BCUT2D eigenvalue weighted by molar-refractivity contribution is 5.93. The normalized spacial score (nSPS) is 16.3. The van der Waals surface area contributed by atoms with Crippen molar-refractivity contribution in [3.05, 3.63) is 53.9 Å². The number of hydrogen-bond acceptors (Lipinski definition) is 4. The summed E-state index contributed by atoms with van der Waals surface area (Å²) in [5, 5.41) is 14.6. The van der Waals surface area contributed by atoms with E-state index >= 15 is 0 Å². The summed E-state index contributed by atoms with van der Waals surface area (Å²) in [4.78, 5) is 27.3. The molecule has 1 saturated heterocycles. The maximum atomic E-state index is 12.8. The molecule has 2 aromatic heterocycles. The van der Waals surface area contributed by atoms with Gasteiger partial charge in [0.05, 0.1) is 5.69 Å². The number of benzene rings is 1. The molecule has 4 rings (SSSR count). The molecule has 162 valence electrons. The van der Waals surface area contributed by atoms with Crippen molar-refractivity contribution in [1.29, 1.82) is 0 Å². The summed E-state index contributed by atoms with van der Waals surface area (Å²) >= 11 is 0. The monoisotopic (exact) mass is 420 g/mol. The van der Waals surface area contributed by atoms with Crippen molar-refractivity contribution >= 4 is 17.6 Å². The molecular formula is C23H28N6O2. The van der Waals surface area contributed by atoms with Crippen LogP contribution in [0, 0.1) is 12.8 Å². The molecule has 1 aliphatic rings. The van der Waals surface area contributed by atoms with Gasteiger partial charge in [-0.2, -0.15) is 10.2 Å². The van der Waals surface area contributed by atoms with Gasteiger partial charge in [-0.15, -0.1) is 0 Å². The number of piperidine rings is 1. The summed E-state index contributed by atoms with van der Waals surface area (Å²) in [6.45, 7) is 5.93. The van der Waals surface area contributed by atoms with Gasteiger partial charge in [-0.1, -0.05) is 30.3 Å². The summed E-state index contributed by atoms with van der Waals surface area (Å²) in [6.07, 6.45) is 3.99. The summed E-state index contributed by atoms with van der Waals surface area (Å²) in [6, 6.07) is 11.7. The van der Waals surface area contributed by atoms with Crippen LogP contribution in [0.4, 0.5) is 5.82 Å². The fraction of sp³-hybridized carbons (Fsp3) is 0.391. The fourth-order valence-corrected chi connectivity index (χ4v) is 4.08. The van der Waals surface area contributed by atoms with Crippen LogP contribution in [0.2, 0.25) is 0 Å². The number of nitrogens with zero attached hydrogens (tertiary/aromatic N) is 4. The Labute approximate surface area is 181 Å². The molecule has 0 saturated carbocycles. The number of aromatic amines is 1. The minimum atomic E-state index is -0.0798. The van der Waals surface area contributed by atoms with Gasteiger partial charge < -0.3 is 10.2 Å². The maximum Gasteiger partial charge on any atom is 0.274 e. The number of likely N-dealkylation sites (tertiary alicyclic amines) is 1. The lowest BCUT2D eigenvalue weighted by molar-refractivity contribution is -0.117. The third kappa shape index (κ3) is 4.68. The van der Waals surface area contributed by atoms with Crippen molar-refractivity contribution in [1.82, 2.24) is 24.9 Å². The first-order chi connectivity index (χ1) is 15.0. The van der Waals surface area contributed by atoms with Crippen LogP contribution in [-0.2, 0) is 11.3 Å². The molecule has 1 aromatic carbocycles.